The Morgan fingerprint density at radius 2 is 2.16 bits per heavy atom. The van der Waals surface area contributed by atoms with Crippen LogP contribution in [0.4, 0.5) is 4.39 Å². The fraction of sp³-hybridized carbons (Fsp3) is 0.500. The topological polar surface area (TPSA) is 49.8 Å². The van der Waals surface area contributed by atoms with Crippen LogP contribution in [0.25, 0.3) is 0 Å². The normalized spacial score (nSPS) is 16.5. The molecular formula is C14H18FNO3. The number of benzene rings is 1. The summed E-state index contributed by atoms with van der Waals surface area (Å²) in [5.74, 6) is -0.226. The number of rotatable bonds is 3. The Hall–Kier alpha value is -1.62. The first kappa shape index (κ1) is 13.8. The van der Waals surface area contributed by atoms with Gasteiger partial charge in [0.1, 0.15) is 0 Å². The van der Waals surface area contributed by atoms with Crippen molar-refractivity contribution in [1.29, 1.82) is 0 Å². The quantitative estimate of drug-likeness (QED) is 0.906. The molecule has 1 aromatic rings. The molecule has 4 nitrogen and oxygen atoms in total. The highest BCUT2D eigenvalue weighted by atomic mass is 19.1. The molecule has 0 saturated carbocycles. The Kier molecular flexibility index (Phi) is 4.37. The molecule has 1 amide bonds. The second-order valence-electron chi connectivity index (χ2n) is 4.77. The number of likely N-dealkylation sites (tertiary alicyclic amines) is 1. The summed E-state index contributed by atoms with van der Waals surface area (Å²) in [5, 5.41) is 9.07. The van der Waals surface area contributed by atoms with Crippen LogP contribution >= 0.6 is 0 Å². The summed E-state index contributed by atoms with van der Waals surface area (Å²) in [7, 11) is 1.37. The van der Waals surface area contributed by atoms with E-state index in [0.717, 1.165) is 12.8 Å². The Morgan fingerprint density at radius 3 is 2.74 bits per heavy atom. The van der Waals surface area contributed by atoms with Crippen molar-refractivity contribution < 1.29 is 19.0 Å². The van der Waals surface area contributed by atoms with Crippen LogP contribution in [-0.2, 0) is 0 Å². The average molecular weight is 267 g/mol. The van der Waals surface area contributed by atoms with Gasteiger partial charge in [0.15, 0.2) is 11.6 Å². The molecule has 0 aliphatic carbocycles. The molecule has 0 radical (unpaired) electrons. The molecular weight excluding hydrogens is 249 g/mol. The van der Waals surface area contributed by atoms with Crippen LogP contribution in [0, 0.1) is 11.7 Å². The van der Waals surface area contributed by atoms with Crippen molar-refractivity contribution in [3.63, 3.8) is 0 Å². The number of halogens is 1. The first-order valence-corrected chi connectivity index (χ1v) is 6.39. The molecule has 1 heterocycles. The average Bonchev–Trinajstić information content (AvgIpc) is 2.47. The Balaban J connectivity index is 2.08. The Morgan fingerprint density at radius 1 is 1.47 bits per heavy atom. The van der Waals surface area contributed by atoms with E-state index in [9.17, 15) is 9.18 Å². The molecule has 1 aromatic carbocycles. The van der Waals surface area contributed by atoms with Crippen LogP contribution in [0.15, 0.2) is 18.2 Å². The third-order valence-electron chi connectivity index (χ3n) is 3.56. The number of amides is 1. The molecule has 1 aliphatic heterocycles. The molecule has 0 aromatic heterocycles. The minimum absolute atomic E-state index is 0.0797. The lowest BCUT2D eigenvalue weighted by Crippen LogP contribution is -2.39. The zero-order valence-electron chi connectivity index (χ0n) is 10.9. The van der Waals surface area contributed by atoms with Gasteiger partial charge >= 0.3 is 0 Å². The van der Waals surface area contributed by atoms with Crippen LogP contribution in [0.3, 0.4) is 0 Å². The van der Waals surface area contributed by atoms with E-state index in [0.29, 0.717) is 18.7 Å². The standard InChI is InChI=1S/C14H18FNO3/c1-19-13-8-11(2-3-12(13)15)14(18)16-6-4-10(9-17)5-7-16/h2-3,8,10,17H,4-7,9H2,1H3. The molecule has 1 saturated heterocycles. The predicted molar refractivity (Wildman–Crippen MR) is 68.7 cm³/mol. The van der Waals surface area contributed by atoms with Gasteiger partial charge in [0.25, 0.3) is 5.91 Å². The van der Waals surface area contributed by atoms with Crippen LogP contribution in [0.2, 0.25) is 0 Å². The van der Waals surface area contributed by atoms with E-state index in [1.807, 2.05) is 0 Å². The summed E-state index contributed by atoms with van der Waals surface area (Å²) in [6.07, 6.45) is 1.61. The molecule has 0 atom stereocenters. The van der Waals surface area contributed by atoms with Gasteiger partial charge in [0.2, 0.25) is 0 Å². The summed E-state index contributed by atoms with van der Waals surface area (Å²) in [5.41, 5.74) is 0.431. The number of ether oxygens (including phenoxy) is 1. The van der Waals surface area contributed by atoms with E-state index in [4.69, 9.17) is 9.84 Å². The van der Waals surface area contributed by atoms with Gasteiger partial charge < -0.3 is 14.7 Å². The van der Waals surface area contributed by atoms with E-state index in [2.05, 4.69) is 0 Å². The maximum atomic E-state index is 13.3. The van der Waals surface area contributed by atoms with Gasteiger partial charge in [-0.3, -0.25) is 4.79 Å². The van der Waals surface area contributed by atoms with Crippen LogP contribution in [-0.4, -0.2) is 42.7 Å². The van der Waals surface area contributed by atoms with E-state index < -0.39 is 5.82 Å². The maximum Gasteiger partial charge on any atom is 0.253 e. The smallest absolute Gasteiger partial charge is 0.253 e. The number of carbonyl (C=O) groups excluding carboxylic acids is 1. The third-order valence-corrected chi connectivity index (χ3v) is 3.56. The number of piperidine rings is 1. The number of carbonyl (C=O) groups is 1. The lowest BCUT2D eigenvalue weighted by molar-refractivity contribution is 0.0650. The van der Waals surface area contributed by atoms with E-state index in [1.54, 1.807) is 4.90 Å². The molecule has 0 unspecified atom stereocenters. The lowest BCUT2D eigenvalue weighted by atomic mass is 9.97. The highest BCUT2D eigenvalue weighted by Crippen LogP contribution is 2.22. The molecule has 1 fully saturated rings. The van der Waals surface area contributed by atoms with Gasteiger partial charge in [-0.15, -0.1) is 0 Å². The third kappa shape index (κ3) is 3.04. The number of hydrogen-bond acceptors (Lipinski definition) is 3. The van der Waals surface area contributed by atoms with Crippen LogP contribution < -0.4 is 4.74 Å². The summed E-state index contributed by atoms with van der Waals surface area (Å²) in [4.78, 5) is 14.0. The molecule has 0 spiro atoms. The van der Waals surface area contributed by atoms with E-state index in [1.165, 1.54) is 25.3 Å². The fourth-order valence-corrected chi connectivity index (χ4v) is 2.29. The van der Waals surface area contributed by atoms with Gasteiger partial charge in [0, 0.05) is 25.3 Å². The molecule has 5 heteroatoms. The zero-order valence-corrected chi connectivity index (χ0v) is 10.9. The SMILES string of the molecule is COc1cc(C(=O)N2CCC(CO)CC2)ccc1F. The monoisotopic (exact) mass is 267 g/mol. The predicted octanol–water partition coefficient (Wildman–Crippen LogP) is 1.68. The molecule has 2 rings (SSSR count). The highest BCUT2D eigenvalue weighted by Gasteiger charge is 2.23. The van der Waals surface area contributed by atoms with Crippen molar-refractivity contribution in [2.45, 2.75) is 12.8 Å². The molecule has 19 heavy (non-hydrogen) atoms. The Labute approximate surface area is 111 Å². The number of aliphatic hydroxyl groups is 1. The van der Waals surface area contributed by atoms with Crippen molar-refractivity contribution in [2.24, 2.45) is 5.92 Å². The summed E-state index contributed by atoms with van der Waals surface area (Å²) in [6, 6.07) is 4.14. The van der Waals surface area contributed by atoms with Gasteiger partial charge in [0.05, 0.1) is 7.11 Å². The minimum Gasteiger partial charge on any atom is -0.494 e. The number of methoxy groups -OCH3 is 1. The number of hydrogen-bond donors (Lipinski definition) is 1. The summed E-state index contributed by atoms with van der Waals surface area (Å²) < 4.78 is 18.2. The largest absolute Gasteiger partial charge is 0.494 e. The highest BCUT2D eigenvalue weighted by molar-refractivity contribution is 5.94. The molecule has 1 aliphatic rings. The summed E-state index contributed by atoms with van der Waals surface area (Å²) in [6.45, 7) is 1.43. The second-order valence-corrected chi connectivity index (χ2v) is 4.77. The Bertz CT molecular complexity index is 456. The van der Waals surface area contributed by atoms with Gasteiger partial charge in [-0.25, -0.2) is 4.39 Å². The maximum absolute atomic E-state index is 13.3. The lowest BCUT2D eigenvalue weighted by Gasteiger charge is -2.31. The zero-order chi connectivity index (χ0) is 13.8. The van der Waals surface area contributed by atoms with E-state index >= 15 is 0 Å². The minimum atomic E-state index is -0.474. The van der Waals surface area contributed by atoms with E-state index in [-0.39, 0.29) is 24.2 Å². The summed E-state index contributed by atoms with van der Waals surface area (Å²) >= 11 is 0. The second kappa shape index (κ2) is 6.02. The van der Waals surface area contributed by atoms with Crippen molar-refractivity contribution in [1.82, 2.24) is 4.90 Å². The van der Waals surface area contributed by atoms with Crippen molar-refractivity contribution in [3.05, 3.63) is 29.6 Å². The van der Waals surface area contributed by atoms with Crippen molar-refractivity contribution in [3.8, 4) is 5.75 Å². The first-order valence-electron chi connectivity index (χ1n) is 6.39. The van der Waals surface area contributed by atoms with Crippen LogP contribution in [0.1, 0.15) is 23.2 Å². The van der Waals surface area contributed by atoms with Crippen molar-refractivity contribution in [2.75, 3.05) is 26.8 Å². The van der Waals surface area contributed by atoms with Crippen molar-refractivity contribution >= 4 is 5.91 Å². The first-order chi connectivity index (χ1) is 9.15. The molecule has 104 valence electrons. The molecule has 0 bridgehead atoms. The molecule has 1 N–H and O–H groups in total. The van der Waals surface area contributed by atoms with Gasteiger partial charge in [-0.1, -0.05) is 0 Å². The van der Waals surface area contributed by atoms with Crippen LogP contribution in [0.5, 0.6) is 5.75 Å². The number of nitrogens with zero attached hydrogens (tertiary/aromatic N) is 1. The number of aliphatic hydroxyl groups excluding tert-OH is 1. The van der Waals surface area contributed by atoms with Gasteiger partial charge in [-0.05, 0) is 37.0 Å². The fourth-order valence-electron chi connectivity index (χ4n) is 2.29. The van der Waals surface area contributed by atoms with Gasteiger partial charge in [-0.2, -0.15) is 0 Å².